The third-order valence-electron chi connectivity index (χ3n) is 3.09. The van der Waals surface area contributed by atoms with E-state index in [4.69, 9.17) is 9.47 Å². The van der Waals surface area contributed by atoms with Gasteiger partial charge in [-0.05, 0) is 0 Å². The van der Waals surface area contributed by atoms with Crippen molar-refractivity contribution in [2.45, 2.75) is 40.4 Å². The molecule has 1 aromatic carbocycles. The van der Waals surface area contributed by atoms with Crippen molar-refractivity contribution in [2.24, 2.45) is 0 Å². The Kier molecular flexibility index (Phi) is 4.36. The van der Waals surface area contributed by atoms with Crippen LogP contribution in [0.15, 0.2) is 24.3 Å². The van der Waals surface area contributed by atoms with E-state index in [0.29, 0.717) is 0 Å². The van der Waals surface area contributed by atoms with Gasteiger partial charge in [0.2, 0.25) is 0 Å². The Balaban J connectivity index is 2.14. The van der Waals surface area contributed by atoms with Crippen molar-refractivity contribution < 1.29 is 9.47 Å². The third kappa shape index (κ3) is 3.62. The summed E-state index contributed by atoms with van der Waals surface area (Å²) in [4.78, 5) is 7.25. The molecule has 0 N–H and O–H groups in total. The summed E-state index contributed by atoms with van der Waals surface area (Å²) in [6, 6.07) is 8.50. The van der Waals surface area contributed by atoms with E-state index in [0.717, 1.165) is 18.8 Å². The van der Waals surface area contributed by atoms with E-state index >= 15 is 0 Å². The Morgan fingerprint density at radius 1 is 1.18 bits per heavy atom. The number of hydrogen-bond donors (Lipinski definition) is 0. The number of benzene rings is 1. The van der Waals surface area contributed by atoms with Gasteiger partial charge in [0.15, 0.2) is 0 Å². The van der Waals surface area contributed by atoms with E-state index in [9.17, 15) is 0 Å². The van der Waals surface area contributed by atoms with Crippen molar-refractivity contribution >= 4 is 22.0 Å². The first-order valence-electron chi connectivity index (χ1n) is 6.45. The van der Waals surface area contributed by atoms with Gasteiger partial charge in [-0.2, -0.15) is 0 Å². The summed E-state index contributed by atoms with van der Waals surface area (Å²) in [6.07, 6.45) is 3.37. The minimum atomic E-state index is -2.08. The quantitative estimate of drug-likeness (QED) is 0.787. The predicted octanol–water partition coefficient (Wildman–Crippen LogP) is 3.14. The van der Waals surface area contributed by atoms with Gasteiger partial charge in [0.25, 0.3) is 0 Å². The number of rotatable bonds is 3. The molecular formula is C14H22O2Sn. The van der Waals surface area contributed by atoms with Crippen molar-refractivity contribution in [1.29, 1.82) is 0 Å². The molecule has 0 aliphatic carbocycles. The van der Waals surface area contributed by atoms with Gasteiger partial charge in [0, 0.05) is 0 Å². The van der Waals surface area contributed by atoms with E-state index in [1.54, 1.807) is 0 Å². The Bertz CT molecular complexity index is 365. The summed E-state index contributed by atoms with van der Waals surface area (Å²) in [6.45, 7) is 0.839. The molecule has 1 saturated heterocycles. The van der Waals surface area contributed by atoms with Gasteiger partial charge < -0.3 is 0 Å². The standard InChI is InChI=1S/C11H13O2.3CH3.Sn/c1-2-6-10(7-3-1)13-11-8-4-5-9-12-11;;;;/h1-3,6,11H,4-5,8-9H2;3*1H3;. The predicted molar refractivity (Wildman–Crippen MR) is 73.6 cm³/mol. The molecular weight excluding hydrogens is 319 g/mol. The Morgan fingerprint density at radius 3 is 2.59 bits per heavy atom. The molecule has 1 aliphatic heterocycles. The molecule has 0 amide bonds. The second kappa shape index (κ2) is 5.61. The number of ether oxygens (including phenoxy) is 2. The molecule has 0 radical (unpaired) electrons. The molecule has 0 saturated carbocycles. The van der Waals surface area contributed by atoms with Crippen LogP contribution in [-0.2, 0) is 4.74 Å². The fraction of sp³-hybridized carbons (Fsp3) is 0.571. The van der Waals surface area contributed by atoms with Crippen molar-refractivity contribution in [1.82, 2.24) is 0 Å². The van der Waals surface area contributed by atoms with Gasteiger partial charge in [-0.3, -0.25) is 0 Å². The monoisotopic (exact) mass is 342 g/mol. The molecule has 2 rings (SSSR count). The van der Waals surface area contributed by atoms with Gasteiger partial charge >= 0.3 is 108 Å². The molecule has 0 aromatic heterocycles. The molecule has 1 atom stereocenters. The molecule has 94 valence electrons. The zero-order valence-electron chi connectivity index (χ0n) is 11.0. The van der Waals surface area contributed by atoms with Crippen LogP contribution in [0.25, 0.3) is 0 Å². The van der Waals surface area contributed by atoms with Crippen LogP contribution in [0.1, 0.15) is 19.3 Å². The van der Waals surface area contributed by atoms with Crippen LogP contribution < -0.4 is 8.32 Å². The van der Waals surface area contributed by atoms with E-state index in [1.807, 2.05) is 0 Å². The number of hydrogen-bond acceptors (Lipinski definition) is 2. The fourth-order valence-electron chi connectivity index (χ4n) is 2.13. The minimum absolute atomic E-state index is 0.0291. The molecule has 1 heterocycles. The maximum atomic E-state index is 6.04. The van der Waals surface area contributed by atoms with Crippen LogP contribution in [0, 0.1) is 0 Å². The van der Waals surface area contributed by atoms with Gasteiger partial charge in [-0.1, -0.05) is 0 Å². The first kappa shape index (κ1) is 13.2. The van der Waals surface area contributed by atoms with Gasteiger partial charge in [-0.15, -0.1) is 0 Å². The Morgan fingerprint density at radius 2 is 1.94 bits per heavy atom. The molecule has 0 bridgehead atoms. The summed E-state index contributed by atoms with van der Waals surface area (Å²) in [5.74, 6) is 1.06. The first-order chi connectivity index (χ1) is 8.07. The third-order valence-corrected chi connectivity index (χ3v) is 8.88. The van der Waals surface area contributed by atoms with Crippen molar-refractivity contribution in [3.63, 3.8) is 0 Å². The van der Waals surface area contributed by atoms with E-state index in [2.05, 4.69) is 39.1 Å². The molecule has 2 nitrogen and oxygen atoms in total. The summed E-state index contributed by atoms with van der Waals surface area (Å²) >= 11 is -2.08. The second-order valence-corrected chi connectivity index (χ2v) is 20.0. The zero-order chi connectivity index (χ0) is 12.3. The zero-order valence-corrected chi connectivity index (χ0v) is 13.9. The van der Waals surface area contributed by atoms with Crippen molar-refractivity contribution in [3.05, 3.63) is 24.3 Å². The maximum absolute atomic E-state index is 6.04. The first-order valence-corrected chi connectivity index (χ1v) is 16.4. The van der Waals surface area contributed by atoms with Crippen LogP contribution in [0.3, 0.4) is 0 Å². The average Bonchev–Trinajstić information content (AvgIpc) is 2.30. The fourth-order valence-corrected chi connectivity index (χ4v) is 6.35. The van der Waals surface area contributed by atoms with Crippen molar-refractivity contribution in [2.75, 3.05) is 6.61 Å². The summed E-state index contributed by atoms with van der Waals surface area (Å²) in [5.41, 5.74) is 0. The number of para-hydroxylation sites is 1. The Hall–Kier alpha value is -0.221. The normalized spacial score (nSPS) is 21.2. The van der Waals surface area contributed by atoms with Gasteiger partial charge in [0.05, 0.1) is 0 Å². The van der Waals surface area contributed by atoms with Crippen LogP contribution in [-0.4, -0.2) is 31.3 Å². The molecule has 1 unspecified atom stereocenters. The van der Waals surface area contributed by atoms with Gasteiger partial charge in [-0.25, -0.2) is 0 Å². The van der Waals surface area contributed by atoms with Crippen LogP contribution in [0.2, 0.25) is 14.8 Å². The van der Waals surface area contributed by atoms with E-state index < -0.39 is 18.4 Å². The average molecular weight is 341 g/mol. The van der Waals surface area contributed by atoms with Crippen LogP contribution in [0.4, 0.5) is 0 Å². The molecule has 1 aromatic rings. The van der Waals surface area contributed by atoms with E-state index in [-0.39, 0.29) is 6.29 Å². The van der Waals surface area contributed by atoms with E-state index in [1.165, 1.54) is 16.4 Å². The summed E-state index contributed by atoms with van der Waals surface area (Å²) < 4.78 is 13.1. The second-order valence-electron chi connectivity index (χ2n) is 5.66. The van der Waals surface area contributed by atoms with Crippen LogP contribution >= 0.6 is 0 Å². The molecule has 1 fully saturated rings. The molecule has 0 spiro atoms. The molecule has 3 heteroatoms. The molecule has 1 aliphatic rings. The molecule has 17 heavy (non-hydrogen) atoms. The Labute approximate surface area is 108 Å². The topological polar surface area (TPSA) is 18.5 Å². The van der Waals surface area contributed by atoms with Crippen LogP contribution in [0.5, 0.6) is 5.75 Å². The van der Waals surface area contributed by atoms with Crippen molar-refractivity contribution in [3.8, 4) is 5.75 Å². The summed E-state index contributed by atoms with van der Waals surface area (Å²) in [5, 5.41) is 0. The SMILES string of the molecule is [CH3][Sn]([CH3])([CH3])[c]1ccccc1OC1CCCCO1. The summed E-state index contributed by atoms with van der Waals surface area (Å²) in [7, 11) is 0. The van der Waals surface area contributed by atoms with Gasteiger partial charge in [0.1, 0.15) is 0 Å².